The van der Waals surface area contributed by atoms with Crippen molar-refractivity contribution in [3.05, 3.63) is 29.8 Å². The lowest BCUT2D eigenvalue weighted by Crippen LogP contribution is -2.51. The van der Waals surface area contributed by atoms with Gasteiger partial charge in [0.2, 0.25) is 11.8 Å². The van der Waals surface area contributed by atoms with Crippen LogP contribution >= 0.6 is 0 Å². The normalized spacial score (nSPS) is 22.2. The summed E-state index contributed by atoms with van der Waals surface area (Å²) < 4.78 is 5.19. The van der Waals surface area contributed by atoms with Crippen molar-refractivity contribution in [2.75, 3.05) is 46.9 Å². The molecule has 2 amide bonds. The molecule has 2 aliphatic heterocycles. The van der Waals surface area contributed by atoms with Crippen LogP contribution < -0.4 is 4.74 Å². The third-order valence-corrected chi connectivity index (χ3v) is 5.26. The van der Waals surface area contributed by atoms with Gasteiger partial charge in [-0.05, 0) is 24.1 Å². The second kappa shape index (κ2) is 7.87. The summed E-state index contributed by atoms with van der Waals surface area (Å²) in [7, 11) is 3.48. The second-order valence-electron chi connectivity index (χ2n) is 6.95. The lowest BCUT2D eigenvalue weighted by Gasteiger charge is -2.38. The predicted octanol–water partition coefficient (Wildman–Crippen LogP) is 1.21. The van der Waals surface area contributed by atoms with Crippen LogP contribution in [0.25, 0.3) is 0 Å². The average molecular weight is 345 g/mol. The third-order valence-electron chi connectivity index (χ3n) is 5.26. The Bertz CT molecular complexity index is 609. The van der Waals surface area contributed by atoms with Crippen LogP contribution in [0.3, 0.4) is 0 Å². The van der Waals surface area contributed by atoms with Gasteiger partial charge in [-0.2, -0.15) is 0 Å². The molecule has 0 bridgehead atoms. The first-order valence-electron chi connectivity index (χ1n) is 8.95. The van der Waals surface area contributed by atoms with E-state index in [1.807, 2.05) is 17.0 Å². The first kappa shape index (κ1) is 17.7. The van der Waals surface area contributed by atoms with Gasteiger partial charge in [0.25, 0.3) is 0 Å². The molecule has 3 rings (SSSR count). The molecule has 0 spiro atoms. The number of likely N-dealkylation sites (tertiary alicyclic amines) is 1. The summed E-state index contributed by atoms with van der Waals surface area (Å²) in [5.41, 5.74) is 1.25. The van der Waals surface area contributed by atoms with Gasteiger partial charge >= 0.3 is 0 Å². The van der Waals surface area contributed by atoms with Gasteiger partial charge in [0.15, 0.2) is 0 Å². The van der Waals surface area contributed by atoms with Crippen LogP contribution in [0.1, 0.15) is 18.4 Å². The molecule has 0 N–H and O–H groups in total. The molecule has 2 heterocycles. The number of amides is 2. The van der Waals surface area contributed by atoms with E-state index in [1.54, 1.807) is 19.1 Å². The maximum atomic E-state index is 12.7. The summed E-state index contributed by atoms with van der Waals surface area (Å²) in [6, 6.07) is 8.12. The van der Waals surface area contributed by atoms with Gasteiger partial charge in [-0.3, -0.25) is 14.5 Å². The molecule has 0 saturated carbocycles. The Kier molecular flexibility index (Phi) is 5.58. The van der Waals surface area contributed by atoms with E-state index in [4.69, 9.17) is 4.74 Å². The summed E-state index contributed by atoms with van der Waals surface area (Å²) in [4.78, 5) is 30.5. The number of methoxy groups -OCH3 is 1. The number of benzene rings is 1. The van der Waals surface area contributed by atoms with Gasteiger partial charge in [-0.25, -0.2) is 0 Å². The van der Waals surface area contributed by atoms with E-state index in [9.17, 15) is 9.59 Å². The summed E-state index contributed by atoms with van der Waals surface area (Å²) in [6.07, 6.45) is 1.15. The number of nitrogens with zero attached hydrogens (tertiary/aromatic N) is 3. The second-order valence-corrected chi connectivity index (χ2v) is 6.95. The Hall–Kier alpha value is -2.08. The molecule has 136 valence electrons. The maximum absolute atomic E-state index is 12.7. The van der Waals surface area contributed by atoms with E-state index in [1.165, 1.54) is 5.56 Å². The highest BCUT2D eigenvalue weighted by Gasteiger charge is 2.32. The largest absolute Gasteiger partial charge is 0.497 e. The highest BCUT2D eigenvalue weighted by Crippen LogP contribution is 2.21. The van der Waals surface area contributed by atoms with Gasteiger partial charge in [0, 0.05) is 58.7 Å². The molecule has 1 aromatic rings. The summed E-state index contributed by atoms with van der Waals surface area (Å²) in [6.45, 7) is 4.81. The van der Waals surface area contributed by atoms with Crippen molar-refractivity contribution >= 4 is 11.8 Å². The van der Waals surface area contributed by atoms with E-state index in [0.717, 1.165) is 44.9 Å². The van der Waals surface area contributed by atoms with Crippen LogP contribution in [0.5, 0.6) is 5.75 Å². The zero-order valence-corrected chi connectivity index (χ0v) is 15.1. The molecule has 0 aliphatic carbocycles. The fraction of sp³-hybridized carbons (Fsp3) is 0.579. The molecule has 0 radical (unpaired) electrons. The number of piperidine rings is 1. The number of ether oxygens (including phenoxy) is 1. The van der Waals surface area contributed by atoms with Crippen molar-refractivity contribution in [1.29, 1.82) is 0 Å². The number of hydrogen-bond donors (Lipinski definition) is 0. The minimum atomic E-state index is -0.128. The van der Waals surface area contributed by atoms with Gasteiger partial charge in [-0.1, -0.05) is 12.1 Å². The SMILES string of the molecule is COc1ccc(CN2CCN(C(=O)[C@@H]3CCN(C)C(=O)C3)CC2)cc1. The van der Waals surface area contributed by atoms with Crippen molar-refractivity contribution in [1.82, 2.24) is 14.7 Å². The zero-order chi connectivity index (χ0) is 17.8. The van der Waals surface area contributed by atoms with Crippen molar-refractivity contribution in [3.8, 4) is 5.75 Å². The Balaban J connectivity index is 1.48. The van der Waals surface area contributed by atoms with Crippen molar-refractivity contribution in [3.63, 3.8) is 0 Å². The molecule has 25 heavy (non-hydrogen) atoms. The van der Waals surface area contributed by atoms with Crippen molar-refractivity contribution in [2.45, 2.75) is 19.4 Å². The van der Waals surface area contributed by atoms with Crippen molar-refractivity contribution < 1.29 is 14.3 Å². The first-order chi connectivity index (χ1) is 12.1. The molecule has 1 atom stereocenters. The lowest BCUT2D eigenvalue weighted by atomic mass is 9.94. The number of piperazine rings is 1. The van der Waals surface area contributed by atoms with E-state index < -0.39 is 0 Å². The molecule has 2 aliphatic rings. The molecule has 0 aromatic heterocycles. The molecule has 2 fully saturated rings. The highest BCUT2D eigenvalue weighted by atomic mass is 16.5. The zero-order valence-electron chi connectivity index (χ0n) is 15.1. The van der Waals surface area contributed by atoms with Crippen LogP contribution in [0.2, 0.25) is 0 Å². The smallest absolute Gasteiger partial charge is 0.226 e. The monoisotopic (exact) mass is 345 g/mol. The Morgan fingerprint density at radius 3 is 2.40 bits per heavy atom. The molecule has 1 aromatic carbocycles. The van der Waals surface area contributed by atoms with E-state index >= 15 is 0 Å². The van der Waals surface area contributed by atoms with Crippen LogP contribution in [0.4, 0.5) is 0 Å². The van der Waals surface area contributed by atoms with E-state index in [2.05, 4.69) is 17.0 Å². The van der Waals surface area contributed by atoms with Crippen LogP contribution in [0, 0.1) is 5.92 Å². The standard InChI is InChI=1S/C19H27N3O3/c1-20-8-7-16(13-18(20)23)19(24)22-11-9-21(10-12-22)14-15-3-5-17(25-2)6-4-15/h3-6,16H,7-14H2,1-2H3/t16-/m1/s1. The van der Waals surface area contributed by atoms with Crippen LogP contribution in [-0.4, -0.2) is 73.4 Å². The van der Waals surface area contributed by atoms with Gasteiger partial charge in [0.1, 0.15) is 5.75 Å². The Morgan fingerprint density at radius 2 is 1.80 bits per heavy atom. The minimum Gasteiger partial charge on any atom is -0.497 e. The third kappa shape index (κ3) is 4.31. The van der Waals surface area contributed by atoms with E-state index in [0.29, 0.717) is 13.0 Å². The predicted molar refractivity (Wildman–Crippen MR) is 95.2 cm³/mol. The molecule has 0 unspecified atom stereocenters. The lowest BCUT2D eigenvalue weighted by molar-refractivity contribution is -0.145. The van der Waals surface area contributed by atoms with Crippen LogP contribution in [0.15, 0.2) is 24.3 Å². The first-order valence-corrected chi connectivity index (χ1v) is 8.95. The Labute approximate surface area is 149 Å². The van der Waals surface area contributed by atoms with Gasteiger partial charge < -0.3 is 14.5 Å². The number of hydrogen-bond acceptors (Lipinski definition) is 4. The molecular weight excluding hydrogens is 318 g/mol. The fourth-order valence-corrected chi connectivity index (χ4v) is 3.53. The van der Waals surface area contributed by atoms with E-state index in [-0.39, 0.29) is 17.7 Å². The average Bonchev–Trinajstić information content (AvgIpc) is 2.65. The fourth-order valence-electron chi connectivity index (χ4n) is 3.53. The van der Waals surface area contributed by atoms with Gasteiger partial charge in [0.05, 0.1) is 7.11 Å². The maximum Gasteiger partial charge on any atom is 0.226 e. The highest BCUT2D eigenvalue weighted by molar-refractivity contribution is 5.87. The number of carbonyl (C=O) groups excluding carboxylic acids is 2. The molecule has 2 saturated heterocycles. The quantitative estimate of drug-likeness (QED) is 0.823. The van der Waals surface area contributed by atoms with Crippen LogP contribution in [-0.2, 0) is 16.1 Å². The molecule has 6 nitrogen and oxygen atoms in total. The minimum absolute atomic E-state index is 0.0859. The summed E-state index contributed by atoms with van der Waals surface area (Å²) in [5, 5.41) is 0. The summed E-state index contributed by atoms with van der Waals surface area (Å²) in [5.74, 6) is 0.983. The number of rotatable bonds is 4. The topological polar surface area (TPSA) is 53.1 Å². The molecule has 6 heteroatoms. The molecular formula is C19H27N3O3. The number of carbonyl (C=O) groups is 2. The van der Waals surface area contributed by atoms with Gasteiger partial charge in [-0.15, -0.1) is 0 Å². The Morgan fingerprint density at radius 1 is 1.12 bits per heavy atom. The summed E-state index contributed by atoms with van der Waals surface area (Å²) >= 11 is 0. The van der Waals surface area contributed by atoms with Crippen molar-refractivity contribution in [2.24, 2.45) is 5.92 Å².